The third-order valence-electron chi connectivity index (χ3n) is 4.87. The van der Waals surface area contributed by atoms with Gasteiger partial charge >= 0.3 is 0 Å². The standard InChI is InChI=1S/C20H21NO5/c1-25-18-6-4-12-13(8-17(18)24)16(21)5-3-11-7-19(26-2)14(9-22)15(10-23)20(11)12/h4,6-9,16,23H,3,5,10,21H2,1-2H3/t16-/m0/s1. The van der Waals surface area contributed by atoms with Gasteiger partial charge in [-0.3, -0.25) is 9.59 Å². The summed E-state index contributed by atoms with van der Waals surface area (Å²) in [6.07, 6.45) is 1.95. The van der Waals surface area contributed by atoms with Crippen LogP contribution in [0.25, 0.3) is 11.1 Å². The molecule has 0 unspecified atom stereocenters. The molecule has 0 radical (unpaired) electrons. The minimum Gasteiger partial charge on any atom is -0.496 e. The summed E-state index contributed by atoms with van der Waals surface area (Å²) in [5, 5.41) is 9.99. The van der Waals surface area contributed by atoms with Crippen molar-refractivity contribution in [2.45, 2.75) is 25.5 Å². The Balaban J connectivity index is 2.45. The molecule has 2 aromatic carbocycles. The highest BCUT2D eigenvalue weighted by molar-refractivity contribution is 5.89. The number of nitrogens with two attached hydrogens (primary N) is 1. The van der Waals surface area contributed by atoms with Crippen molar-refractivity contribution in [2.24, 2.45) is 5.73 Å². The topological polar surface area (TPSA) is 98.9 Å². The van der Waals surface area contributed by atoms with E-state index in [0.29, 0.717) is 41.6 Å². The van der Waals surface area contributed by atoms with Crippen LogP contribution in [0.3, 0.4) is 0 Å². The fourth-order valence-electron chi connectivity index (χ4n) is 3.58. The second-order valence-corrected chi connectivity index (χ2v) is 6.21. The monoisotopic (exact) mass is 355 g/mol. The molecular formula is C20H21NO5. The van der Waals surface area contributed by atoms with Crippen LogP contribution >= 0.6 is 0 Å². The van der Waals surface area contributed by atoms with E-state index in [2.05, 4.69) is 0 Å². The highest BCUT2D eigenvalue weighted by Crippen LogP contribution is 2.41. The minimum absolute atomic E-state index is 0.210. The zero-order valence-electron chi connectivity index (χ0n) is 14.7. The zero-order valence-corrected chi connectivity index (χ0v) is 14.7. The number of fused-ring (bicyclic) bond motifs is 3. The van der Waals surface area contributed by atoms with Gasteiger partial charge in [0.15, 0.2) is 12.0 Å². The first-order valence-electron chi connectivity index (χ1n) is 8.32. The van der Waals surface area contributed by atoms with Crippen molar-refractivity contribution in [3.8, 4) is 22.6 Å². The molecule has 0 spiro atoms. The molecule has 6 heteroatoms. The van der Waals surface area contributed by atoms with Crippen LogP contribution in [0.1, 0.15) is 39.5 Å². The Morgan fingerprint density at radius 1 is 1.23 bits per heavy atom. The molecule has 0 aromatic heterocycles. The molecular weight excluding hydrogens is 334 g/mol. The van der Waals surface area contributed by atoms with Gasteiger partial charge in [0.05, 0.1) is 26.4 Å². The summed E-state index contributed by atoms with van der Waals surface area (Å²) in [4.78, 5) is 24.0. The third kappa shape index (κ3) is 2.87. The molecule has 0 saturated heterocycles. The van der Waals surface area contributed by atoms with E-state index in [4.69, 9.17) is 15.2 Å². The van der Waals surface area contributed by atoms with Crippen LogP contribution in [-0.4, -0.2) is 25.6 Å². The average molecular weight is 355 g/mol. The molecule has 0 saturated carbocycles. The van der Waals surface area contributed by atoms with Crippen LogP contribution in [-0.2, 0) is 13.0 Å². The number of aryl methyl sites for hydroxylation is 1. The highest BCUT2D eigenvalue weighted by Gasteiger charge is 2.26. The SMILES string of the molecule is COc1cc2c(c(CO)c1C=O)-c1ccc(OC)c(=O)cc1[C@@H](N)CC2. The van der Waals surface area contributed by atoms with Gasteiger partial charge in [-0.05, 0) is 58.9 Å². The maximum atomic E-state index is 12.4. The second kappa shape index (κ2) is 7.27. The van der Waals surface area contributed by atoms with Gasteiger partial charge in [-0.15, -0.1) is 0 Å². The third-order valence-corrected chi connectivity index (χ3v) is 4.87. The first kappa shape index (κ1) is 18.1. The Morgan fingerprint density at radius 2 is 1.96 bits per heavy atom. The maximum Gasteiger partial charge on any atom is 0.220 e. The number of hydrogen-bond donors (Lipinski definition) is 2. The predicted molar refractivity (Wildman–Crippen MR) is 97.8 cm³/mol. The molecule has 1 atom stereocenters. The molecule has 136 valence electrons. The van der Waals surface area contributed by atoms with E-state index in [1.54, 1.807) is 12.1 Å². The lowest BCUT2D eigenvalue weighted by Gasteiger charge is -2.17. The van der Waals surface area contributed by atoms with Crippen molar-refractivity contribution < 1.29 is 19.4 Å². The van der Waals surface area contributed by atoms with Gasteiger partial charge in [0.1, 0.15) is 5.75 Å². The van der Waals surface area contributed by atoms with E-state index in [0.717, 1.165) is 16.7 Å². The van der Waals surface area contributed by atoms with Crippen LogP contribution < -0.4 is 20.6 Å². The van der Waals surface area contributed by atoms with E-state index in [-0.39, 0.29) is 23.8 Å². The fourth-order valence-corrected chi connectivity index (χ4v) is 3.58. The summed E-state index contributed by atoms with van der Waals surface area (Å²) in [5.74, 6) is 0.628. The van der Waals surface area contributed by atoms with Crippen LogP contribution in [0, 0.1) is 0 Å². The van der Waals surface area contributed by atoms with Crippen molar-refractivity contribution in [2.75, 3.05) is 14.2 Å². The molecule has 0 aliphatic heterocycles. The number of benzene rings is 1. The van der Waals surface area contributed by atoms with Crippen molar-refractivity contribution in [3.63, 3.8) is 0 Å². The van der Waals surface area contributed by atoms with E-state index in [1.807, 2.05) is 6.07 Å². The number of methoxy groups -OCH3 is 2. The number of carbonyl (C=O) groups is 1. The molecule has 0 fully saturated rings. The zero-order chi connectivity index (χ0) is 18.8. The number of rotatable bonds is 4. The lowest BCUT2D eigenvalue weighted by atomic mass is 9.89. The number of aliphatic hydroxyl groups excluding tert-OH is 1. The summed E-state index contributed by atoms with van der Waals surface area (Å²) >= 11 is 0. The summed E-state index contributed by atoms with van der Waals surface area (Å²) in [7, 11) is 2.92. The normalized spacial score (nSPS) is 15.5. The molecule has 0 heterocycles. The molecule has 2 aromatic rings. The molecule has 3 N–H and O–H groups in total. The van der Waals surface area contributed by atoms with Crippen LogP contribution in [0.2, 0.25) is 0 Å². The largest absolute Gasteiger partial charge is 0.496 e. The molecule has 1 aliphatic rings. The summed E-state index contributed by atoms with van der Waals surface area (Å²) in [6.45, 7) is -0.331. The molecule has 0 amide bonds. The number of ether oxygens (including phenoxy) is 2. The Hall–Kier alpha value is -2.70. The van der Waals surface area contributed by atoms with Gasteiger partial charge in [0.2, 0.25) is 5.43 Å². The Kier molecular flexibility index (Phi) is 5.06. The number of carbonyl (C=O) groups excluding carboxylic acids is 1. The quantitative estimate of drug-likeness (QED) is 0.814. The van der Waals surface area contributed by atoms with Crippen LogP contribution in [0.4, 0.5) is 0 Å². The van der Waals surface area contributed by atoms with Crippen molar-refractivity contribution in [1.82, 2.24) is 0 Å². The van der Waals surface area contributed by atoms with Gasteiger partial charge in [-0.1, -0.05) is 6.07 Å². The van der Waals surface area contributed by atoms with Gasteiger partial charge in [0, 0.05) is 6.04 Å². The molecule has 3 rings (SSSR count). The second-order valence-electron chi connectivity index (χ2n) is 6.21. The van der Waals surface area contributed by atoms with Crippen molar-refractivity contribution in [3.05, 3.63) is 56.7 Å². The smallest absolute Gasteiger partial charge is 0.220 e. The average Bonchev–Trinajstić information content (AvgIpc) is 2.89. The molecule has 0 bridgehead atoms. The van der Waals surface area contributed by atoms with E-state index in [1.165, 1.54) is 20.3 Å². The summed E-state index contributed by atoms with van der Waals surface area (Å²) in [6, 6.07) is 6.30. The van der Waals surface area contributed by atoms with Crippen molar-refractivity contribution in [1.29, 1.82) is 0 Å². The van der Waals surface area contributed by atoms with E-state index >= 15 is 0 Å². The number of aliphatic hydroxyl groups is 1. The Morgan fingerprint density at radius 3 is 2.58 bits per heavy atom. The minimum atomic E-state index is -0.348. The van der Waals surface area contributed by atoms with Gasteiger partial charge in [-0.25, -0.2) is 0 Å². The summed E-state index contributed by atoms with van der Waals surface area (Å²) < 4.78 is 10.5. The maximum absolute atomic E-state index is 12.4. The predicted octanol–water partition coefficient (Wildman–Crippen LogP) is 1.98. The first-order chi connectivity index (χ1) is 12.5. The lowest BCUT2D eigenvalue weighted by molar-refractivity contribution is 0.111. The fraction of sp³-hybridized carbons (Fsp3) is 0.300. The van der Waals surface area contributed by atoms with Crippen LogP contribution in [0.5, 0.6) is 11.5 Å². The van der Waals surface area contributed by atoms with Crippen LogP contribution in [0.15, 0.2) is 29.1 Å². The lowest BCUT2D eigenvalue weighted by Crippen LogP contribution is -2.12. The molecule has 26 heavy (non-hydrogen) atoms. The van der Waals surface area contributed by atoms with E-state index in [9.17, 15) is 14.7 Å². The van der Waals surface area contributed by atoms with E-state index < -0.39 is 0 Å². The van der Waals surface area contributed by atoms with Gasteiger partial charge in [-0.2, -0.15) is 0 Å². The molecule has 6 nitrogen and oxygen atoms in total. The summed E-state index contributed by atoms with van der Waals surface area (Å²) in [5.41, 5.74) is 9.90. The van der Waals surface area contributed by atoms with Crippen molar-refractivity contribution >= 4 is 6.29 Å². The Labute approximate surface area is 151 Å². The first-order valence-corrected chi connectivity index (χ1v) is 8.32. The highest BCUT2D eigenvalue weighted by atomic mass is 16.5. The number of aldehydes is 1. The van der Waals surface area contributed by atoms with Gasteiger partial charge in [0.25, 0.3) is 0 Å². The Bertz CT molecular complexity index is 923. The number of hydrogen-bond acceptors (Lipinski definition) is 6. The van der Waals surface area contributed by atoms with Gasteiger partial charge < -0.3 is 20.3 Å². The molecule has 1 aliphatic carbocycles.